The van der Waals surface area contributed by atoms with Crippen LogP contribution < -0.4 is 14.8 Å². The fourth-order valence-corrected chi connectivity index (χ4v) is 4.10. The van der Waals surface area contributed by atoms with Gasteiger partial charge in [0, 0.05) is 17.8 Å². The minimum absolute atomic E-state index is 0.0926. The molecule has 32 heavy (non-hydrogen) atoms. The Labute approximate surface area is 186 Å². The van der Waals surface area contributed by atoms with Gasteiger partial charge in [-0.25, -0.2) is 17.9 Å². The van der Waals surface area contributed by atoms with E-state index in [1.807, 2.05) is 18.2 Å². The number of benzene rings is 3. The Kier molecular flexibility index (Phi) is 7.24. The smallest absolute Gasteiger partial charge is 0.337 e. The largest absolute Gasteiger partial charge is 0.495 e. The van der Waals surface area contributed by atoms with Crippen molar-refractivity contribution in [2.75, 3.05) is 19.5 Å². The van der Waals surface area contributed by atoms with Crippen molar-refractivity contribution in [3.63, 3.8) is 0 Å². The van der Waals surface area contributed by atoms with Crippen LogP contribution in [0.1, 0.15) is 26.3 Å². The molecular formula is C23H22N2O6S. The van der Waals surface area contributed by atoms with Crippen molar-refractivity contribution < 1.29 is 27.5 Å². The molecule has 0 spiro atoms. The van der Waals surface area contributed by atoms with Gasteiger partial charge >= 0.3 is 5.97 Å². The third-order valence-electron chi connectivity index (χ3n) is 4.59. The Balaban J connectivity index is 1.80. The maximum atomic E-state index is 12.9. The van der Waals surface area contributed by atoms with E-state index in [4.69, 9.17) is 4.74 Å². The molecule has 166 valence electrons. The van der Waals surface area contributed by atoms with Gasteiger partial charge in [-0.3, -0.25) is 4.79 Å². The predicted molar refractivity (Wildman–Crippen MR) is 119 cm³/mol. The second kappa shape index (κ2) is 10.1. The summed E-state index contributed by atoms with van der Waals surface area (Å²) in [5.41, 5.74) is 1.69. The van der Waals surface area contributed by atoms with E-state index >= 15 is 0 Å². The van der Waals surface area contributed by atoms with Gasteiger partial charge in [0.2, 0.25) is 10.0 Å². The molecule has 8 nitrogen and oxygen atoms in total. The zero-order valence-corrected chi connectivity index (χ0v) is 18.3. The minimum atomic E-state index is -3.95. The Morgan fingerprint density at radius 3 is 2.16 bits per heavy atom. The van der Waals surface area contributed by atoms with Crippen LogP contribution in [0.15, 0.2) is 77.7 Å². The van der Waals surface area contributed by atoms with E-state index in [9.17, 15) is 18.0 Å². The second-order valence-corrected chi connectivity index (χ2v) is 8.43. The van der Waals surface area contributed by atoms with Gasteiger partial charge in [-0.05, 0) is 48.0 Å². The monoisotopic (exact) mass is 454 g/mol. The number of ether oxygens (including phenoxy) is 2. The molecule has 0 saturated heterocycles. The SMILES string of the molecule is COC(=O)c1ccc(NC(=O)c2ccc(OC)c(S(=O)(=O)NCc3ccccc3)c2)cc1. The maximum absolute atomic E-state index is 12.9. The van der Waals surface area contributed by atoms with Crippen molar-refractivity contribution in [1.82, 2.24) is 4.72 Å². The molecule has 0 fully saturated rings. The summed E-state index contributed by atoms with van der Waals surface area (Å²) in [6.07, 6.45) is 0. The fraction of sp³-hybridized carbons (Fsp3) is 0.130. The average Bonchev–Trinajstić information content (AvgIpc) is 2.83. The van der Waals surface area contributed by atoms with Gasteiger partial charge in [0.25, 0.3) is 5.91 Å². The summed E-state index contributed by atoms with van der Waals surface area (Å²) in [4.78, 5) is 24.1. The zero-order chi connectivity index (χ0) is 23.1. The Morgan fingerprint density at radius 1 is 0.875 bits per heavy atom. The number of carbonyl (C=O) groups excluding carboxylic acids is 2. The maximum Gasteiger partial charge on any atom is 0.337 e. The van der Waals surface area contributed by atoms with Crippen LogP contribution in [0, 0.1) is 0 Å². The molecule has 3 aromatic rings. The number of hydrogen-bond acceptors (Lipinski definition) is 6. The van der Waals surface area contributed by atoms with Gasteiger partial charge in [0.1, 0.15) is 10.6 Å². The van der Waals surface area contributed by atoms with E-state index in [1.54, 1.807) is 24.3 Å². The number of methoxy groups -OCH3 is 2. The molecule has 3 rings (SSSR count). The molecule has 0 aliphatic rings. The van der Waals surface area contributed by atoms with E-state index < -0.39 is 21.9 Å². The number of amides is 1. The van der Waals surface area contributed by atoms with Crippen LogP contribution in [0.4, 0.5) is 5.69 Å². The van der Waals surface area contributed by atoms with Crippen LogP contribution in [-0.4, -0.2) is 34.5 Å². The highest BCUT2D eigenvalue weighted by Gasteiger charge is 2.22. The van der Waals surface area contributed by atoms with Gasteiger partial charge < -0.3 is 14.8 Å². The number of hydrogen-bond donors (Lipinski definition) is 2. The van der Waals surface area contributed by atoms with Crippen molar-refractivity contribution >= 4 is 27.6 Å². The number of sulfonamides is 1. The summed E-state index contributed by atoms with van der Waals surface area (Å²) in [6.45, 7) is 0.0926. The van der Waals surface area contributed by atoms with Crippen molar-refractivity contribution in [3.05, 3.63) is 89.5 Å². The van der Waals surface area contributed by atoms with E-state index in [0.29, 0.717) is 11.3 Å². The molecule has 1 amide bonds. The first-order chi connectivity index (χ1) is 15.3. The summed E-state index contributed by atoms with van der Waals surface area (Å²) < 4.78 is 38.1. The standard InChI is InChI=1S/C23H22N2O6S/c1-30-20-13-10-18(22(26)25-19-11-8-17(9-12-19)23(27)31-2)14-21(20)32(28,29)24-15-16-6-4-3-5-7-16/h3-14,24H,15H2,1-2H3,(H,25,26). The normalized spacial score (nSPS) is 10.9. The van der Waals surface area contributed by atoms with Crippen LogP contribution in [-0.2, 0) is 21.3 Å². The lowest BCUT2D eigenvalue weighted by atomic mass is 10.1. The lowest BCUT2D eigenvalue weighted by Crippen LogP contribution is -2.24. The third kappa shape index (κ3) is 5.51. The van der Waals surface area contributed by atoms with Gasteiger partial charge in [-0.15, -0.1) is 0 Å². The molecule has 0 atom stereocenters. The fourth-order valence-electron chi connectivity index (χ4n) is 2.89. The van der Waals surface area contributed by atoms with Crippen molar-refractivity contribution in [1.29, 1.82) is 0 Å². The molecule has 0 heterocycles. The van der Waals surface area contributed by atoms with Crippen LogP contribution in [0.25, 0.3) is 0 Å². The topological polar surface area (TPSA) is 111 Å². The summed E-state index contributed by atoms with van der Waals surface area (Å²) in [7, 11) is -1.32. The van der Waals surface area contributed by atoms with Gasteiger partial charge in [0.15, 0.2) is 0 Å². The summed E-state index contributed by atoms with van der Waals surface area (Å²) in [6, 6.07) is 19.3. The Bertz CT molecular complexity index is 1210. The Hall–Kier alpha value is -3.69. The number of rotatable bonds is 8. The molecule has 2 N–H and O–H groups in total. The van der Waals surface area contributed by atoms with Crippen LogP contribution in [0.2, 0.25) is 0 Å². The van der Waals surface area contributed by atoms with Gasteiger partial charge in [-0.2, -0.15) is 0 Å². The molecule has 0 aromatic heterocycles. The number of anilines is 1. The molecule has 0 aliphatic heterocycles. The first-order valence-corrected chi connectivity index (χ1v) is 11.0. The molecule has 0 radical (unpaired) electrons. The van der Waals surface area contributed by atoms with Gasteiger partial charge in [0.05, 0.1) is 19.8 Å². The highest BCUT2D eigenvalue weighted by molar-refractivity contribution is 7.89. The highest BCUT2D eigenvalue weighted by Crippen LogP contribution is 2.25. The molecule has 0 unspecified atom stereocenters. The highest BCUT2D eigenvalue weighted by atomic mass is 32.2. The predicted octanol–water partition coefficient (Wildman–Crippen LogP) is 3.21. The van der Waals surface area contributed by atoms with Gasteiger partial charge in [-0.1, -0.05) is 30.3 Å². The van der Waals surface area contributed by atoms with Crippen LogP contribution in [0.3, 0.4) is 0 Å². The van der Waals surface area contributed by atoms with E-state index in [2.05, 4.69) is 14.8 Å². The molecule has 9 heteroatoms. The minimum Gasteiger partial charge on any atom is -0.495 e. The molecule has 0 saturated carbocycles. The van der Waals surface area contributed by atoms with Crippen molar-refractivity contribution in [3.8, 4) is 5.75 Å². The lowest BCUT2D eigenvalue weighted by Gasteiger charge is -2.13. The lowest BCUT2D eigenvalue weighted by molar-refractivity contribution is 0.0600. The number of nitrogens with one attached hydrogen (secondary N) is 2. The summed E-state index contributed by atoms with van der Waals surface area (Å²) in [5, 5.41) is 2.67. The van der Waals surface area contributed by atoms with Crippen LogP contribution >= 0.6 is 0 Å². The molecule has 3 aromatic carbocycles. The summed E-state index contributed by atoms with van der Waals surface area (Å²) >= 11 is 0. The van der Waals surface area contributed by atoms with Crippen molar-refractivity contribution in [2.24, 2.45) is 0 Å². The second-order valence-electron chi connectivity index (χ2n) is 6.70. The van der Waals surface area contributed by atoms with Crippen molar-refractivity contribution in [2.45, 2.75) is 11.4 Å². The average molecular weight is 455 g/mol. The molecule has 0 aliphatic carbocycles. The van der Waals surface area contributed by atoms with E-state index in [-0.39, 0.29) is 22.8 Å². The van der Waals surface area contributed by atoms with E-state index in [1.165, 1.54) is 44.6 Å². The Morgan fingerprint density at radius 2 is 1.53 bits per heavy atom. The molecule has 0 bridgehead atoms. The third-order valence-corrected chi connectivity index (χ3v) is 6.01. The van der Waals surface area contributed by atoms with Crippen LogP contribution in [0.5, 0.6) is 5.75 Å². The number of esters is 1. The first kappa shape index (κ1) is 23.0. The first-order valence-electron chi connectivity index (χ1n) is 9.55. The quantitative estimate of drug-likeness (QED) is 0.506. The van der Waals surface area contributed by atoms with E-state index in [0.717, 1.165) is 5.56 Å². The summed E-state index contributed by atoms with van der Waals surface area (Å²) in [5.74, 6) is -0.890. The molecular weight excluding hydrogens is 432 g/mol. The zero-order valence-electron chi connectivity index (χ0n) is 17.5. The number of carbonyl (C=O) groups is 2.